The van der Waals surface area contributed by atoms with Gasteiger partial charge in [-0.15, -0.1) is 0 Å². The van der Waals surface area contributed by atoms with Crippen molar-refractivity contribution in [2.45, 2.75) is 41.2 Å². The van der Waals surface area contributed by atoms with Gasteiger partial charge in [-0.25, -0.2) is 4.79 Å². The molecule has 156 valence electrons. The molecule has 5 nitrogen and oxygen atoms in total. The van der Waals surface area contributed by atoms with Crippen LogP contribution in [0.15, 0.2) is 24.3 Å². The minimum absolute atomic E-state index is 0.0662. The molecule has 0 saturated carbocycles. The number of nitrogens with one attached hydrogen (secondary N) is 1. The number of amides is 2. The van der Waals surface area contributed by atoms with Gasteiger partial charge in [-0.2, -0.15) is 0 Å². The maximum absolute atomic E-state index is 12.7. The minimum atomic E-state index is -0.0662. The van der Waals surface area contributed by atoms with Crippen molar-refractivity contribution in [3.8, 4) is 5.75 Å². The summed E-state index contributed by atoms with van der Waals surface area (Å²) in [5, 5.41) is 3.04. The third-order valence-electron chi connectivity index (χ3n) is 6.45. The van der Waals surface area contributed by atoms with E-state index in [1.807, 2.05) is 29.2 Å². The van der Waals surface area contributed by atoms with Gasteiger partial charge in [-0.3, -0.25) is 0 Å². The van der Waals surface area contributed by atoms with E-state index in [0.717, 1.165) is 26.2 Å². The molecule has 1 saturated heterocycles. The lowest BCUT2D eigenvalue weighted by atomic mass is 9.90. The molecule has 1 fully saturated rings. The zero-order valence-corrected chi connectivity index (χ0v) is 18.6. The fourth-order valence-corrected chi connectivity index (χ4v) is 3.84. The summed E-state index contributed by atoms with van der Waals surface area (Å²) in [5.74, 6) is 0.699. The molecule has 1 aliphatic heterocycles. The number of carbonyl (C=O) groups excluding carboxylic acids is 1. The number of piperazine rings is 1. The van der Waals surface area contributed by atoms with E-state index < -0.39 is 0 Å². The van der Waals surface area contributed by atoms with E-state index in [4.69, 9.17) is 4.74 Å². The highest BCUT2D eigenvalue weighted by Gasteiger charge is 2.20. The van der Waals surface area contributed by atoms with Crippen LogP contribution in [0.5, 0.6) is 5.75 Å². The van der Waals surface area contributed by atoms with Crippen LogP contribution in [0.1, 0.15) is 33.4 Å². The summed E-state index contributed by atoms with van der Waals surface area (Å²) in [5.41, 5.74) is 8.50. The van der Waals surface area contributed by atoms with Crippen LogP contribution in [-0.4, -0.2) is 49.1 Å². The summed E-state index contributed by atoms with van der Waals surface area (Å²) < 4.78 is 6.20. The maximum Gasteiger partial charge on any atom is 0.322 e. The molecule has 1 heterocycles. The van der Waals surface area contributed by atoms with Crippen LogP contribution >= 0.6 is 0 Å². The monoisotopic (exact) mass is 395 g/mol. The molecule has 1 aliphatic rings. The quantitative estimate of drug-likeness (QED) is 0.824. The number of ether oxygens (including phenoxy) is 1. The SMILES string of the molecule is Cc1c(C)c(C)c(COc2ccccc2NC(=O)N2CCN(C)CC2)c(C)c1C. The van der Waals surface area contributed by atoms with Gasteiger partial charge >= 0.3 is 6.03 Å². The van der Waals surface area contributed by atoms with E-state index in [2.05, 4.69) is 51.9 Å². The zero-order valence-electron chi connectivity index (χ0n) is 18.6. The van der Waals surface area contributed by atoms with Gasteiger partial charge in [0, 0.05) is 26.2 Å². The lowest BCUT2D eigenvalue weighted by Gasteiger charge is -2.32. The second-order valence-corrected chi connectivity index (χ2v) is 8.11. The van der Waals surface area contributed by atoms with Gasteiger partial charge in [0.05, 0.1) is 5.69 Å². The number of hydrogen-bond donors (Lipinski definition) is 1. The first-order valence-electron chi connectivity index (χ1n) is 10.3. The number of nitrogens with zero attached hydrogens (tertiary/aromatic N) is 2. The lowest BCUT2D eigenvalue weighted by molar-refractivity contribution is 0.164. The van der Waals surface area contributed by atoms with Crippen molar-refractivity contribution in [1.82, 2.24) is 9.80 Å². The number of hydrogen-bond acceptors (Lipinski definition) is 3. The molecule has 2 amide bonds. The summed E-state index contributed by atoms with van der Waals surface area (Å²) >= 11 is 0. The Morgan fingerprint density at radius 2 is 1.45 bits per heavy atom. The Bertz CT molecular complexity index is 870. The first-order chi connectivity index (χ1) is 13.8. The van der Waals surface area contributed by atoms with Crippen molar-refractivity contribution in [3.05, 3.63) is 57.6 Å². The zero-order chi connectivity index (χ0) is 21.1. The predicted octanol–water partition coefficient (Wildman–Crippen LogP) is 4.59. The highest BCUT2D eigenvalue weighted by molar-refractivity contribution is 5.91. The van der Waals surface area contributed by atoms with Crippen molar-refractivity contribution in [2.24, 2.45) is 0 Å². The number of rotatable bonds is 4. The molecule has 0 unspecified atom stereocenters. The van der Waals surface area contributed by atoms with Crippen molar-refractivity contribution < 1.29 is 9.53 Å². The van der Waals surface area contributed by atoms with Crippen molar-refractivity contribution in [2.75, 3.05) is 38.5 Å². The number of likely N-dealkylation sites (N-methyl/N-ethyl adjacent to an activating group) is 1. The average Bonchev–Trinajstić information content (AvgIpc) is 2.72. The largest absolute Gasteiger partial charge is 0.487 e. The Kier molecular flexibility index (Phi) is 6.48. The van der Waals surface area contributed by atoms with E-state index in [1.165, 1.54) is 33.4 Å². The molecule has 0 aromatic heterocycles. The highest BCUT2D eigenvalue weighted by atomic mass is 16.5. The molecule has 0 bridgehead atoms. The summed E-state index contributed by atoms with van der Waals surface area (Å²) in [7, 11) is 2.08. The topological polar surface area (TPSA) is 44.8 Å². The molecular weight excluding hydrogens is 362 g/mol. The maximum atomic E-state index is 12.7. The molecule has 3 rings (SSSR count). The van der Waals surface area contributed by atoms with Gasteiger partial charge < -0.3 is 19.9 Å². The Labute approximate surface area is 174 Å². The van der Waals surface area contributed by atoms with E-state index in [1.54, 1.807) is 0 Å². The van der Waals surface area contributed by atoms with Crippen LogP contribution in [0.2, 0.25) is 0 Å². The third-order valence-corrected chi connectivity index (χ3v) is 6.45. The molecule has 0 radical (unpaired) electrons. The van der Waals surface area contributed by atoms with Crippen LogP contribution < -0.4 is 10.1 Å². The fourth-order valence-electron chi connectivity index (χ4n) is 3.84. The standard InChI is InChI=1S/C24H33N3O2/c1-16-17(2)19(4)21(20(5)18(16)3)15-29-23-10-8-7-9-22(23)25-24(28)27-13-11-26(6)12-14-27/h7-10H,11-15H2,1-6H3,(H,25,28). The number of anilines is 1. The summed E-state index contributed by atoms with van der Waals surface area (Å²) in [6.07, 6.45) is 0. The predicted molar refractivity (Wildman–Crippen MR) is 119 cm³/mol. The van der Waals surface area contributed by atoms with E-state index >= 15 is 0 Å². The van der Waals surface area contributed by atoms with Crippen LogP contribution in [-0.2, 0) is 6.61 Å². The van der Waals surface area contributed by atoms with Gasteiger partial charge in [-0.1, -0.05) is 12.1 Å². The second kappa shape index (κ2) is 8.87. The number of carbonyl (C=O) groups is 1. The third kappa shape index (κ3) is 4.56. The van der Waals surface area contributed by atoms with Crippen molar-refractivity contribution in [3.63, 3.8) is 0 Å². The van der Waals surface area contributed by atoms with Gasteiger partial charge in [0.1, 0.15) is 12.4 Å². The second-order valence-electron chi connectivity index (χ2n) is 8.11. The molecule has 0 aliphatic carbocycles. The molecular formula is C24H33N3O2. The van der Waals surface area contributed by atoms with Crippen LogP contribution in [0.25, 0.3) is 0 Å². The Balaban J connectivity index is 1.74. The smallest absolute Gasteiger partial charge is 0.322 e. The highest BCUT2D eigenvalue weighted by Crippen LogP contribution is 2.29. The molecule has 5 heteroatoms. The van der Waals surface area contributed by atoms with Crippen LogP contribution in [0.3, 0.4) is 0 Å². The average molecular weight is 396 g/mol. The first kappa shape index (κ1) is 21.2. The van der Waals surface area contributed by atoms with E-state index in [9.17, 15) is 4.79 Å². The minimum Gasteiger partial charge on any atom is -0.487 e. The van der Waals surface area contributed by atoms with Gasteiger partial charge in [-0.05, 0) is 87.2 Å². The molecule has 2 aromatic rings. The normalized spacial score (nSPS) is 14.8. The van der Waals surface area contributed by atoms with E-state index in [0.29, 0.717) is 18.0 Å². The van der Waals surface area contributed by atoms with E-state index in [-0.39, 0.29) is 6.03 Å². The van der Waals surface area contributed by atoms with Gasteiger partial charge in [0.2, 0.25) is 0 Å². The fraction of sp³-hybridized carbons (Fsp3) is 0.458. The molecule has 0 atom stereocenters. The summed E-state index contributed by atoms with van der Waals surface area (Å²) in [6, 6.07) is 7.60. The molecule has 29 heavy (non-hydrogen) atoms. The van der Waals surface area contributed by atoms with Crippen LogP contribution in [0, 0.1) is 34.6 Å². The summed E-state index contributed by atoms with van der Waals surface area (Å²) in [6.45, 7) is 14.6. The van der Waals surface area contributed by atoms with Gasteiger partial charge in [0.25, 0.3) is 0 Å². The van der Waals surface area contributed by atoms with Crippen molar-refractivity contribution in [1.29, 1.82) is 0 Å². The van der Waals surface area contributed by atoms with Gasteiger partial charge in [0.15, 0.2) is 0 Å². The molecule has 0 spiro atoms. The number of urea groups is 1. The Hall–Kier alpha value is -2.53. The molecule has 2 aromatic carbocycles. The Morgan fingerprint density at radius 3 is 2.07 bits per heavy atom. The first-order valence-corrected chi connectivity index (χ1v) is 10.3. The Morgan fingerprint density at radius 1 is 0.897 bits per heavy atom. The molecule has 1 N–H and O–H groups in total. The van der Waals surface area contributed by atoms with Crippen LogP contribution in [0.4, 0.5) is 10.5 Å². The van der Waals surface area contributed by atoms with Crippen molar-refractivity contribution >= 4 is 11.7 Å². The number of benzene rings is 2. The number of para-hydroxylation sites is 2. The summed E-state index contributed by atoms with van der Waals surface area (Å²) in [4.78, 5) is 16.8. The lowest BCUT2D eigenvalue weighted by Crippen LogP contribution is -2.48.